The third-order valence-electron chi connectivity index (χ3n) is 8.78. The Morgan fingerprint density at radius 2 is 1.31 bits per heavy atom. The smallest absolute Gasteiger partial charge is 0.411 e. The molecule has 16 heteroatoms. The molecule has 0 radical (unpaired) electrons. The molecule has 4 amide bonds. The molecule has 2 aliphatic rings. The Kier molecular flexibility index (Phi) is 14.7. The van der Waals surface area contributed by atoms with Crippen LogP contribution in [0.25, 0.3) is 0 Å². The molecular formula is C38H48N4O12. The molecule has 2 heterocycles. The van der Waals surface area contributed by atoms with Crippen LogP contribution in [0.5, 0.6) is 28.7 Å². The number of hydrogen-bond donors (Lipinski definition) is 4. The van der Waals surface area contributed by atoms with Gasteiger partial charge in [0.25, 0.3) is 11.8 Å². The number of ether oxygens (including phenoxy) is 6. The first-order valence-corrected chi connectivity index (χ1v) is 17.3. The van der Waals surface area contributed by atoms with Crippen molar-refractivity contribution < 1.29 is 57.8 Å². The third-order valence-corrected chi connectivity index (χ3v) is 8.78. The van der Waals surface area contributed by atoms with Crippen molar-refractivity contribution >= 4 is 29.7 Å². The van der Waals surface area contributed by atoms with Crippen molar-refractivity contribution in [2.24, 2.45) is 5.73 Å². The summed E-state index contributed by atoms with van der Waals surface area (Å²) in [5, 5.41) is 22.2. The second kappa shape index (κ2) is 19.4. The lowest BCUT2D eigenvalue weighted by molar-refractivity contribution is 0.0671. The predicted octanol–water partition coefficient (Wildman–Crippen LogP) is 4.05. The van der Waals surface area contributed by atoms with Gasteiger partial charge >= 0.3 is 12.2 Å². The molecule has 54 heavy (non-hydrogen) atoms. The number of benzene rings is 2. The van der Waals surface area contributed by atoms with Gasteiger partial charge in [-0.25, -0.2) is 9.59 Å². The van der Waals surface area contributed by atoms with E-state index in [4.69, 9.17) is 34.2 Å². The van der Waals surface area contributed by atoms with E-state index in [0.717, 1.165) is 11.1 Å². The molecule has 0 saturated carbocycles. The average molecular weight is 753 g/mol. The van der Waals surface area contributed by atoms with Gasteiger partial charge in [0, 0.05) is 31.3 Å². The monoisotopic (exact) mass is 752 g/mol. The fraction of sp³-hybridized carbons (Fsp3) is 0.421. The molecule has 0 aromatic heterocycles. The quantitative estimate of drug-likeness (QED) is 0.126. The summed E-state index contributed by atoms with van der Waals surface area (Å²) in [6.07, 6.45) is 2.22. The summed E-state index contributed by atoms with van der Waals surface area (Å²) in [6.45, 7) is 11.8. The predicted molar refractivity (Wildman–Crippen MR) is 198 cm³/mol. The largest absolute Gasteiger partial charge is 0.493 e. The number of nitrogens with two attached hydrogens (primary N) is 1. The van der Waals surface area contributed by atoms with E-state index in [1.165, 1.54) is 54.4 Å². The van der Waals surface area contributed by atoms with Crippen LogP contribution in [0.2, 0.25) is 0 Å². The number of aliphatic hydroxyl groups is 2. The maximum absolute atomic E-state index is 13.7. The van der Waals surface area contributed by atoms with Crippen LogP contribution in [0.1, 0.15) is 52.8 Å². The fourth-order valence-electron chi connectivity index (χ4n) is 6.18. The van der Waals surface area contributed by atoms with E-state index in [0.29, 0.717) is 32.1 Å². The van der Waals surface area contributed by atoms with Gasteiger partial charge in [0.1, 0.15) is 12.4 Å². The van der Waals surface area contributed by atoms with E-state index in [9.17, 15) is 29.4 Å². The number of carbonyl (C=O) groups excluding carboxylic acids is 4. The summed E-state index contributed by atoms with van der Waals surface area (Å²) in [4.78, 5) is 54.3. The van der Waals surface area contributed by atoms with Gasteiger partial charge in [-0.15, -0.1) is 0 Å². The van der Waals surface area contributed by atoms with Crippen LogP contribution in [0.15, 0.2) is 61.2 Å². The van der Waals surface area contributed by atoms with Crippen molar-refractivity contribution in [3.63, 3.8) is 0 Å². The highest BCUT2D eigenvalue weighted by atomic mass is 16.6. The number of nitrogens with zero attached hydrogens (tertiary/aromatic N) is 2. The van der Waals surface area contributed by atoms with Crippen molar-refractivity contribution in [1.82, 2.24) is 9.80 Å². The van der Waals surface area contributed by atoms with Crippen LogP contribution in [0.4, 0.5) is 15.3 Å². The first-order valence-electron chi connectivity index (χ1n) is 17.3. The molecule has 0 aliphatic carbocycles. The maximum Gasteiger partial charge on any atom is 0.411 e. The van der Waals surface area contributed by atoms with Crippen LogP contribution in [-0.2, 0) is 4.74 Å². The van der Waals surface area contributed by atoms with Crippen LogP contribution in [-0.4, -0.2) is 116 Å². The van der Waals surface area contributed by atoms with Gasteiger partial charge in [0.15, 0.2) is 23.0 Å². The summed E-state index contributed by atoms with van der Waals surface area (Å²) in [5.74, 6) is -0.0550. The van der Waals surface area contributed by atoms with Gasteiger partial charge in [-0.05, 0) is 38.2 Å². The number of aliphatic hydroxyl groups excluding tert-OH is 2. The molecule has 2 aromatic carbocycles. The number of rotatable bonds is 18. The van der Waals surface area contributed by atoms with Crippen LogP contribution < -0.4 is 34.7 Å². The Labute approximate surface area is 313 Å². The maximum atomic E-state index is 13.7. The number of carbonyl (C=O) groups is 4. The summed E-state index contributed by atoms with van der Waals surface area (Å²) < 4.78 is 33.2. The highest BCUT2D eigenvalue weighted by Crippen LogP contribution is 2.38. The Morgan fingerprint density at radius 3 is 1.81 bits per heavy atom. The van der Waals surface area contributed by atoms with E-state index in [-0.39, 0.29) is 91.7 Å². The second-order valence-corrected chi connectivity index (χ2v) is 12.7. The normalized spacial score (nSPS) is 16.5. The van der Waals surface area contributed by atoms with Crippen LogP contribution >= 0.6 is 0 Å². The number of hydrogen-bond acceptors (Lipinski definition) is 12. The third kappa shape index (κ3) is 10.2. The molecule has 0 spiro atoms. The number of primary amides is 1. The first kappa shape index (κ1) is 41.0. The van der Waals surface area contributed by atoms with E-state index >= 15 is 0 Å². The summed E-state index contributed by atoms with van der Waals surface area (Å²) >= 11 is 0. The molecule has 0 bridgehead atoms. The van der Waals surface area contributed by atoms with E-state index < -0.39 is 36.1 Å². The van der Waals surface area contributed by atoms with Crippen LogP contribution in [0, 0.1) is 0 Å². The number of methoxy groups -OCH3 is 2. The van der Waals surface area contributed by atoms with Crippen molar-refractivity contribution in [3.8, 4) is 28.7 Å². The van der Waals surface area contributed by atoms with Gasteiger partial charge in [-0.3, -0.25) is 14.9 Å². The zero-order valence-electron chi connectivity index (χ0n) is 30.6. The second-order valence-electron chi connectivity index (χ2n) is 12.7. The van der Waals surface area contributed by atoms with E-state index in [1.54, 1.807) is 0 Å². The summed E-state index contributed by atoms with van der Waals surface area (Å²) in [5.41, 5.74) is 7.14. The topological polar surface area (TPSA) is 209 Å². The molecule has 2 fully saturated rings. The van der Waals surface area contributed by atoms with Gasteiger partial charge in [0.2, 0.25) is 0 Å². The van der Waals surface area contributed by atoms with Crippen LogP contribution in [0.3, 0.4) is 0 Å². The minimum Gasteiger partial charge on any atom is -0.493 e. The van der Waals surface area contributed by atoms with E-state index in [1.807, 2.05) is 0 Å². The average Bonchev–Trinajstić information content (AvgIpc) is 3.74. The lowest BCUT2D eigenvalue weighted by Crippen LogP contribution is -2.38. The standard InChI is InChI=1S/C38H48N4O12/c1-6-10-53-38(48)40-29-17-33(31(49-4)15-27(29)35(45)41-19-23(2)13-25(41)21-43)51-11-8-7-9-12-52-34-18-30(54-37(39)47)28(16-32(34)50-5)36(46)42-20-24(3)14-26(42)22-44/h6,15-18,25-26,43-44H,1-3,7-14,19-22H2,4-5H3,(H2,39,47)(H,40,48)/t25-,26-/m1/s1. The summed E-state index contributed by atoms with van der Waals surface area (Å²) in [6, 6.07) is 4.81. The zero-order chi connectivity index (χ0) is 39.4. The fourth-order valence-corrected chi connectivity index (χ4v) is 6.18. The first-order chi connectivity index (χ1) is 25.9. The summed E-state index contributed by atoms with van der Waals surface area (Å²) in [7, 11) is 2.84. The van der Waals surface area contributed by atoms with Crippen molar-refractivity contribution in [3.05, 3.63) is 72.4 Å². The lowest BCUT2D eigenvalue weighted by atomic mass is 10.1. The number of nitrogens with one attached hydrogen (secondary N) is 1. The SMILES string of the molecule is C=CCOC(=O)Nc1cc(OCCCCCOc2cc(OC(N)=O)c(C(=O)N3CC(=C)C[C@@H]3CO)cc2OC)c(OC)cc1C(=O)N1CC(=C)C[C@@H]1CO. The number of unbranched alkanes of at least 4 members (excludes halogenated alkanes) is 2. The Morgan fingerprint density at radius 1 is 0.796 bits per heavy atom. The van der Waals surface area contributed by atoms with Crippen molar-refractivity contribution in [1.29, 1.82) is 0 Å². The zero-order valence-corrected chi connectivity index (χ0v) is 30.6. The molecule has 4 rings (SSSR count). The molecule has 0 unspecified atom stereocenters. The van der Waals surface area contributed by atoms with Gasteiger partial charge in [-0.1, -0.05) is 37.0 Å². The minimum absolute atomic E-state index is 0.0134. The van der Waals surface area contributed by atoms with Gasteiger partial charge in [-0.2, -0.15) is 0 Å². The highest BCUT2D eigenvalue weighted by Gasteiger charge is 2.35. The van der Waals surface area contributed by atoms with Gasteiger partial charge in [0.05, 0.1) is 69.5 Å². The molecule has 16 nitrogen and oxygen atoms in total. The Bertz CT molecular complexity index is 1740. The lowest BCUT2D eigenvalue weighted by Gasteiger charge is -2.24. The molecule has 2 atom stereocenters. The molecule has 2 aliphatic heterocycles. The number of likely N-dealkylation sites (tertiary alicyclic amines) is 2. The molecular weight excluding hydrogens is 704 g/mol. The minimum atomic E-state index is -1.12. The van der Waals surface area contributed by atoms with Crippen molar-refractivity contribution in [2.75, 3.05) is 65.7 Å². The Balaban J connectivity index is 1.40. The molecule has 2 aromatic rings. The molecule has 5 N–H and O–H groups in total. The molecule has 292 valence electrons. The highest BCUT2D eigenvalue weighted by molar-refractivity contribution is 6.04. The van der Waals surface area contributed by atoms with Gasteiger partial charge < -0.3 is 54.2 Å². The number of amides is 4. The van der Waals surface area contributed by atoms with Crippen molar-refractivity contribution in [2.45, 2.75) is 44.2 Å². The Hall–Kier alpha value is -5.74. The molecule has 2 saturated heterocycles. The van der Waals surface area contributed by atoms with E-state index in [2.05, 4.69) is 25.1 Å². The number of anilines is 1.